The summed E-state index contributed by atoms with van der Waals surface area (Å²) in [6.07, 6.45) is 18.0. The van der Waals surface area contributed by atoms with E-state index in [0.29, 0.717) is 6.61 Å². The molecule has 0 aromatic heterocycles. The van der Waals surface area contributed by atoms with Gasteiger partial charge in [0, 0.05) is 0 Å². The molecule has 0 radical (unpaired) electrons. The lowest BCUT2D eigenvalue weighted by Gasteiger charge is -2.15. The molecule has 0 saturated heterocycles. The highest BCUT2D eigenvalue weighted by Crippen LogP contribution is 2.22. The lowest BCUT2D eigenvalue weighted by Crippen LogP contribution is -2.17. The molecule has 0 bridgehead atoms. The topological polar surface area (TPSA) is 26.3 Å². The molecular weight excluding hydrogens is 260 g/mol. The highest BCUT2D eigenvalue weighted by Gasteiger charge is 2.18. The van der Waals surface area contributed by atoms with Crippen molar-refractivity contribution >= 4 is 5.97 Å². The molecule has 1 rings (SSSR count). The van der Waals surface area contributed by atoms with Crippen LogP contribution in [0.4, 0.5) is 0 Å². The van der Waals surface area contributed by atoms with Crippen LogP contribution in [0.2, 0.25) is 0 Å². The van der Waals surface area contributed by atoms with Crippen molar-refractivity contribution in [3.63, 3.8) is 0 Å². The van der Waals surface area contributed by atoms with Gasteiger partial charge in [0.05, 0.1) is 12.5 Å². The third kappa shape index (κ3) is 8.28. The van der Waals surface area contributed by atoms with Crippen LogP contribution in [-0.4, -0.2) is 12.6 Å². The number of ether oxygens (including phenoxy) is 1. The zero-order valence-corrected chi connectivity index (χ0v) is 14.2. The highest BCUT2D eigenvalue weighted by molar-refractivity contribution is 5.75. The number of rotatable bonds is 3. The van der Waals surface area contributed by atoms with Crippen molar-refractivity contribution in [2.24, 2.45) is 5.92 Å². The van der Waals surface area contributed by atoms with Crippen LogP contribution >= 0.6 is 0 Å². The average molecular weight is 294 g/mol. The van der Waals surface area contributed by atoms with Gasteiger partial charge in [0.1, 0.15) is 0 Å². The molecule has 122 valence electrons. The van der Waals surface area contributed by atoms with E-state index >= 15 is 0 Å². The molecule has 0 fully saturated rings. The maximum atomic E-state index is 12.0. The van der Waals surface area contributed by atoms with Crippen molar-refractivity contribution in [1.29, 1.82) is 0 Å². The molecule has 0 saturated carbocycles. The summed E-state index contributed by atoms with van der Waals surface area (Å²) in [5.41, 5.74) is 1.31. The second kappa shape index (κ2) is 11.8. The number of allylic oxidation sites excluding steroid dienone is 1. The number of esters is 1. The highest BCUT2D eigenvalue weighted by atomic mass is 16.5. The van der Waals surface area contributed by atoms with Gasteiger partial charge in [-0.25, -0.2) is 0 Å². The fourth-order valence-corrected chi connectivity index (χ4v) is 3.09. The van der Waals surface area contributed by atoms with Crippen molar-refractivity contribution in [3.8, 4) is 0 Å². The van der Waals surface area contributed by atoms with E-state index < -0.39 is 0 Å². The van der Waals surface area contributed by atoms with Crippen molar-refractivity contribution in [2.45, 2.75) is 90.9 Å². The molecule has 0 N–H and O–H groups in total. The molecule has 0 aromatic rings. The van der Waals surface area contributed by atoms with Gasteiger partial charge in [0.15, 0.2) is 0 Å². The number of hydrogen-bond donors (Lipinski definition) is 0. The quantitative estimate of drug-likeness (QED) is 0.485. The van der Waals surface area contributed by atoms with Gasteiger partial charge in [-0.3, -0.25) is 4.79 Å². The fraction of sp³-hybridized carbons (Fsp3) is 0.842. The van der Waals surface area contributed by atoms with E-state index in [9.17, 15) is 4.79 Å². The van der Waals surface area contributed by atoms with E-state index in [2.05, 4.69) is 6.08 Å². The second-order valence-corrected chi connectivity index (χ2v) is 6.33. The first-order valence-electron chi connectivity index (χ1n) is 9.11. The second-order valence-electron chi connectivity index (χ2n) is 6.33. The van der Waals surface area contributed by atoms with Gasteiger partial charge in [0.2, 0.25) is 0 Å². The maximum absolute atomic E-state index is 12.0. The maximum Gasteiger partial charge on any atom is 0.312 e. The third-order valence-electron chi connectivity index (χ3n) is 4.52. The molecule has 21 heavy (non-hydrogen) atoms. The molecular formula is C19H34O2. The van der Waals surface area contributed by atoms with Crippen LogP contribution in [0.3, 0.4) is 0 Å². The molecule has 2 nitrogen and oxygen atoms in total. The Morgan fingerprint density at radius 2 is 1.52 bits per heavy atom. The van der Waals surface area contributed by atoms with Gasteiger partial charge in [-0.2, -0.15) is 0 Å². The Labute approximate surface area is 131 Å². The van der Waals surface area contributed by atoms with Crippen LogP contribution in [0, 0.1) is 5.92 Å². The molecule has 1 aliphatic rings. The fourth-order valence-electron chi connectivity index (χ4n) is 3.09. The lowest BCUT2D eigenvalue weighted by molar-refractivity contribution is -0.146. The Morgan fingerprint density at radius 1 is 1.00 bits per heavy atom. The standard InChI is InChI=1S/C19H34O2/c1-3-21-19(20)17(2)18-15-13-11-9-7-5-4-6-8-10-12-14-16-18/h15,17H,3-14,16H2,1-2H3/b18-15+. The van der Waals surface area contributed by atoms with Crippen molar-refractivity contribution < 1.29 is 9.53 Å². The zero-order chi connectivity index (χ0) is 15.3. The molecule has 1 atom stereocenters. The first kappa shape index (κ1) is 18.3. The monoisotopic (exact) mass is 294 g/mol. The van der Waals surface area contributed by atoms with Crippen LogP contribution in [-0.2, 0) is 9.53 Å². The van der Waals surface area contributed by atoms with Crippen LogP contribution in [0.5, 0.6) is 0 Å². The first-order chi connectivity index (χ1) is 10.3. The Balaban J connectivity index is 2.53. The summed E-state index contributed by atoms with van der Waals surface area (Å²) in [7, 11) is 0. The summed E-state index contributed by atoms with van der Waals surface area (Å²) in [6.45, 7) is 4.37. The Bertz CT molecular complexity index is 307. The number of carbonyl (C=O) groups excluding carboxylic acids is 1. The largest absolute Gasteiger partial charge is 0.466 e. The van der Waals surface area contributed by atoms with E-state index in [1.807, 2.05) is 13.8 Å². The lowest BCUT2D eigenvalue weighted by atomic mass is 9.93. The van der Waals surface area contributed by atoms with E-state index in [-0.39, 0.29) is 11.9 Å². The van der Waals surface area contributed by atoms with Crippen molar-refractivity contribution in [3.05, 3.63) is 11.6 Å². The molecule has 0 amide bonds. The summed E-state index contributed by atoms with van der Waals surface area (Å²) in [6, 6.07) is 0. The van der Waals surface area contributed by atoms with Crippen LogP contribution in [0.25, 0.3) is 0 Å². The van der Waals surface area contributed by atoms with Gasteiger partial charge in [0.25, 0.3) is 0 Å². The first-order valence-corrected chi connectivity index (χ1v) is 9.11. The summed E-state index contributed by atoms with van der Waals surface area (Å²) >= 11 is 0. The summed E-state index contributed by atoms with van der Waals surface area (Å²) < 4.78 is 5.19. The van der Waals surface area contributed by atoms with Gasteiger partial charge >= 0.3 is 5.97 Å². The van der Waals surface area contributed by atoms with E-state index in [0.717, 1.165) is 12.8 Å². The molecule has 1 aliphatic carbocycles. The Kier molecular flexibility index (Phi) is 10.3. The zero-order valence-electron chi connectivity index (χ0n) is 14.2. The molecule has 1 unspecified atom stereocenters. The average Bonchev–Trinajstić information content (AvgIpc) is 2.49. The van der Waals surface area contributed by atoms with Crippen molar-refractivity contribution in [2.75, 3.05) is 6.61 Å². The number of hydrogen-bond acceptors (Lipinski definition) is 2. The van der Waals surface area contributed by atoms with Crippen LogP contribution in [0.1, 0.15) is 90.9 Å². The van der Waals surface area contributed by atoms with Gasteiger partial charge in [-0.15, -0.1) is 0 Å². The normalized spacial score (nSPS) is 23.4. The predicted molar refractivity (Wildman–Crippen MR) is 89.3 cm³/mol. The van der Waals surface area contributed by atoms with Gasteiger partial charge in [-0.1, -0.05) is 63.0 Å². The van der Waals surface area contributed by atoms with Crippen LogP contribution in [0.15, 0.2) is 11.6 Å². The van der Waals surface area contributed by atoms with E-state index in [4.69, 9.17) is 4.74 Å². The van der Waals surface area contributed by atoms with Gasteiger partial charge < -0.3 is 4.74 Å². The smallest absolute Gasteiger partial charge is 0.312 e. The minimum atomic E-state index is -0.0575. The Morgan fingerprint density at radius 3 is 2.10 bits per heavy atom. The van der Waals surface area contributed by atoms with Crippen LogP contribution < -0.4 is 0 Å². The summed E-state index contributed by atoms with van der Waals surface area (Å²) in [5.74, 6) is -0.109. The Hall–Kier alpha value is -0.790. The third-order valence-corrected chi connectivity index (χ3v) is 4.52. The molecule has 0 aliphatic heterocycles. The minimum Gasteiger partial charge on any atom is -0.466 e. The predicted octanol–water partition coefficient (Wildman–Crippen LogP) is 5.81. The van der Waals surface area contributed by atoms with Crippen molar-refractivity contribution in [1.82, 2.24) is 0 Å². The van der Waals surface area contributed by atoms with E-state index in [1.165, 1.54) is 69.8 Å². The van der Waals surface area contributed by atoms with E-state index in [1.54, 1.807) is 0 Å². The molecule has 0 heterocycles. The minimum absolute atomic E-state index is 0.0510. The number of carbonyl (C=O) groups is 1. The summed E-state index contributed by atoms with van der Waals surface area (Å²) in [5, 5.41) is 0. The summed E-state index contributed by atoms with van der Waals surface area (Å²) in [4.78, 5) is 12.0. The SMILES string of the molecule is CCOC(=O)C(C)/C1=C/CCCCCCCCCCCC1. The molecule has 0 spiro atoms. The van der Waals surface area contributed by atoms with Gasteiger partial charge in [-0.05, 0) is 39.5 Å². The molecule has 0 aromatic carbocycles. The molecule has 2 heteroatoms.